The van der Waals surface area contributed by atoms with Gasteiger partial charge in [-0.3, -0.25) is 19.3 Å². The Labute approximate surface area is 799 Å². The van der Waals surface area contributed by atoms with Crippen molar-refractivity contribution >= 4 is 90.0 Å². The van der Waals surface area contributed by atoms with Gasteiger partial charge in [-0.25, -0.2) is 15.0 Å². The van der Waals surface area contributed by atoms with Gasteiger partial charge in [0.1, 0.15) is 47.3 Å². The molecule has 0 N–H and O–H groups in total. The number of rotatable bonds is 21. The second-order valence-corrected chi connectivity index (χ2v) is 37.4. The van der Waals surface area contributed by atoms with Gasteiger partial charge >= 0.3 is 0 Å². The first kappa shape index (κ1) is 95.3. The Morgan fingerprint density at radius 3 is 1.12 bits per heavy atom. The highest BCUT2D eigenvalue weighted by atomic mass is 16.5. The number of nitrogens with zero attached hydrogens (tertiary/aromatic N) is 24. The molecule has 6 saturated heterocycles. The first-order valence-electron chi connectivity index (χ1n) is 47.9. The quantitative estimate of drug-likeness (QED) is 0.0477. The second kappa shape index (κ2) is 43.2. The first-order chi connectivity index (χ1) is 66.2. The Balaban J connectivity index is 0.000000148. The molecular formula is C107H124N24O5. The van der Waals surface area contributed by atoms with Gasteiger partial charge < -0.3 is 78.1 Å². The lowest BCUT2D eigenvalue weighted by Gasteiger charge is -2.44. The number of likely N-dealkylation sites (N-methyl/N-ethyl adjacent to an activating group) is 4. The maximum absolute atomic E-state index is 12.7. The number of pyridine rings is 3. The molecule has 12 heterocycles. The molecule has 0 aliphatic carbocycles. The molecule has 0 bridgehead atoms. The third kappa shape index (κ3) is 20.3. The van der Waals surface area contributed by atoms with Gasteiger partial charge in [0, 0.05) is 207 Å². The molecule has 4 atom stereocenters. The highest BCUT2D eigenvalue weighted by Gasteiger charge is 2.41. The van der Waals surface area contributed by atoms with Crippen LogP contribution >= 0.6 is 0 Å². The number of benzene rings is 6. The summed E-state index contributed by atoms with van der Waals surface area (Å²) in [5.74, 6) is 0.974. The van der Waals surface area contributed by atoms with Crippen LogP contribution < -0.4 is 43.8 Å². The fourth-order valence-corrected chi connectivity index (χ4v) is 21.6. The van der Waals surface area contributed by atoms with E-state index >= 15 is 0 Å². The number of amides is 3. The summed E-state index contributed by atoms with van der Waals surface area (Å²) in [7, 11) is 8.51. The molecule has 0 spiro atoms. The van der Waals surface area contributed by atoms with Crippen molar-refractivity contribution in [1.29, 1.82) is 31.6 Å². The number of hydrogen-bond donors (Lipinski definition) is 0. The van der Waals surface area contributed by atoms with Crippen molar-refractivity contribution in [1.82, 2.24) is 54.2 Å². The van der Waals surface area contributed by atoms with Crippen molar-refractivity contribution in [2.24, 2.45) is 0 Å². The van der Waals surface area contributed by atoms with Crippen LogP contribution in [0.25, 0.3) is 32.3 Å². The third-order valence-electron chi connectivity index (χ3n) is 28.9. The summed E-state index contributed by atoms with van der Waals surface area (Å²) >= 11 is 0. The van der Waals surface area contributed by atoms with Crippen molar-refractivity contribution in [3.8, 4) is 48.2 Å². The summed E-state index contributed by atoms with van der Waals surface area (Å²) in [6.07, 6.45) is 7.60. The van der Waals surface area contributed by atoms with Gasteiger partial charge in [0.05, 0.1) is 122 Å². The lowest BCUT2D eigenvalue weighted by Crippen LogP contribution is -2.55. The third-order valence-corrected chi connectivity index (χ3v) is 28.9. The van der Waals surface area contributed by atoms with E-state index in [4.69, 9.17) is 24.4 Å². The minimum Gasteiger partial charge on any atom is -0.477 e. The van der Waals surface area contributed by atoms with Crippen molar-refractivity contribution in [3.05, 3.63) is 214 Å². The molecule has 136 heavy (non-hydrogen) atoms. The van der Waals surface area contributed by atoms with E-state index in [9.17, 15) is 46.0 Å². The highest BCUT2D eigenvalue weighted by molar-refractivity contribution is 6.00. The van der Waals surface area contributed by atoms with E-state index < -0.39 is 0 Å². The van der Waals surface area contributed by atoms with Crippen LogP contribution in [0.15, 0.2) is 147 Å². The molecule has 0 radical (unpaired) electrons. The largest absolute Gasteiger partial charge is 0.477 e. The van der Waals surface area contributed by atoms with E-state index in [1.165, 1.54) is 84.3 Å². The molecule has 29 nitrogen and oxygen atoms in total. The standard InChI is InChI=1S/C37H44N8O2.C36H42N8O2.C34H38N8O/c1-4-34(46)45-22-21-44(25-29(45)12-14-38)36-30-13-16-43(33-11-6-10-28-9-5-8-27(2)35(28)33)26-32(30)40-37(31(36)24-39)47-23-7-15-42-19-17-41(3)18-20-42;1-5-33(45)44-19-18-43(22-27(44)12-14-37)35-29-13-15-42(32-11-7-10-26-9-6-8-25(2)34(26)32)23-31(29)39-36(30(35)20-38)46-24-28-21-40(3)16-17-41(28)4;1-4-31(43)42-20-19-41(22-26(42)11-13-35)33-27-12-14-40(30-10-6-9-25-8-5-7-24(2)32(25)30)23-29(27)37-34(28(33)21-36)39-17-15-38(3)16-18-39/h4-6,8-11,29H,1,7,12-13,15-23,25-26H2,2-3H3;5-11,27-28H,1,12-13,15-19,21-24H2,2-4H3;4-10,26H,1,11-12,14-20,22-23H2,2-3H3/t29-;27-,28?;26-/m000/s1. The van der Waals surface area contributed by atoms with E-state index in [1.54, 1.807) is 14.7 Å². The zero-order valence-electron chi connectivity index (χ0n) is 79.8. The summed E-state index contributed by atoms with van der Waals surface area (Å²) < 4.78 is 12.9. The molecule has 0 saturated carbocycles. The lowest BCUT2D eigenvalue weighted by atomic mass is 9.95. The monoisotopic (exact) mass is 1830 g/mol. The minimum atomic E-state index is -0.311. The van der Waals surface area contributed by atoms with Crippen LogP contribution in [0.5, 0.6) is 11.8 Å². The summed E-state index contributed by atoms with van der Waals surface area (Å²) in [6, 6.07) is 52.2. The van der Waals surface area contributed by atoms with Crippen molar-refractivity contribution in [2.75, 3.05) is 233 Å². The highest BCUT2D eigenvalue weighted by Crippen LogP contribution is 2.46. The van der Waals surface area contributed by atoms with E-state index in [0.29, 0.717) is 133 Å². The van der Waals surface area contributed by atoms with Gasteiger partial charge in [0.15, 0.2) is 0 Å². The molecule has 29 heteroatoms. The van der Waals surface area contributed by atoms with E-state index in [2.05, 4.69) is 273 Å². The summed E-state index contributed by atoms with van der Waals surface area (Å²) in [4.78, 5) is 86.3. The maximum atomic E-state index is 12.7. The SMILES string of the molecule is C=CC(=O)N1CCN(c2c(C#N)c(N3CCN(C)CC3)nc3c2CCN(c2cccc4cccc(C)c24)C3)C[C@@H]1CC#N.C=CC(=O)N1CCN(c2c(C#N)c(OCC3CN(C)CCN3C)nc3c2CCN(c2cccc4cccc(C)c24)C3)C[C@@H]1CC#N.C=CC(=O)N1CCN(c2c(C#N)c(OCCCN3CCN(C)CC3)nc3c2CCN(c2cccc4cccc(C)c24)C3)C[C@@H]1CC#N. The van der Waals surface area contributed by atoms with E-state index in [-0.39, 0.29) is 61.2 Å². The fourth-order valence-electron chi connectivity index (χ4n) is 21.6. The fraction of sp³-hybridized carbons (Fsp3) is 0.439. The predicted octanol–water partition coefficient (Wildman–Crippen LogP) is 11.7. The molecule has 1 unspecified atom stereocenters. The Morgan fingerprint density at radius 2 is 0.743 bits per heavy atom. The molecule has 9 aliphatic rings. The van der Waals surface area contributed by atoms with Crippen LogP contribution in [-0.2, 0) is 53.3 Å². The number of carbonyl (C=O) groups is 3. The zero-order chi connectivity index (χ0) is 95.4. The number of hydrogen-bond acceptors (Lipinski definition) is 26. The second-order valence-electron chi connectivity index (χ2n) is 37.4. The topological polar surface area (TPSA) is 300 Å². The minimum absolute atomic E-state index is 0.156. The molecule has 702 valence electrons. The van der Waals surface area contributed by atoms with E-state index in [1.807, 2.05) is 0 Å². The Hall–Kier alpha value is -13.9. The zero-order valence-corrected chi connectivity index (χ0v) is 79.8. The number of aromatic nitrogens is 3. The lowest BCUT2D eigenvalue weighted by molar-refractivity contribution is -0.129. The number of piperazine rings is 6. The number of carbonyl (C=O) groups excluding carboxylic acids is 3. The number of anilines is 7. The molecule has 6 aromatic carbocycles. The van der Waals surface area contributed by atoms with Crippen molar-refractivity contribution < 1.29 is 23.9 Å². The van der Waals surface area contributed by atoms with Crippen LogP contribution in [0.2, 0.25) is 0 Å². The van der Waals surface area contributed by atoms with Gasteiger partial charge in [-0.05, 0) is 144 Å². The van der Waals surface area contributed by atoms with Crippen molar-refractivity contribution in [3.63, 3.8) is 0 Å². The van der Waals surface area contributed by atoms with Crippen LogP contribution in [0.4, 0.5) is 39.9 Å². The molecular weight excluding hydrogens is 1700 g/mol. The molecule has 9 aliphatic heterocycles. The van der Waals surface area contributed by atoms with Crippen LogP contribution in [0.3, 0.4) is 0 Å². The number of ether oxygens (including phenoxy) is 2. The van der Waals surface area contributed by atoms with Gasteiger partial charge in [0.25, 0.3) is 0 Å². The van der Waals surface area contributed by atoms with Gasteiger partial charge in [0.2, 0.25) is 29.5 Å². The molecule has 3 aromatic heterocycles. The van der Waals surface area contributed by atoms with Crippen molar-refractivity contribution in [2.45, 2.75) is 110 Å². The summed E-state index contributed by atoms with van der Waals surface area (Å²) in [5, 5.41) is 68.1. The average molecular weight is 1830 g/mol. The summed E-state index contributed by atoms with van der Waals surface area (Å²) in [5.41, 5.74) is 17.4. The van der Waals surface area contributed by atoms with Crippen LogP contribution in [-0.4, -0.2) is 295 Å². The predicted molar refractivity (Wildman–Crippen MR) is 535 cm³/mol. The first-order valence-corrected chi connectivity index (χ1v) is 47.9. The normalized spacial score (nSPS) is 19.5. The Kier molecular flexibility index (Phi) is 30.3. The molecule has 18 rings (SSSR count). The van der Waals surface area contributed by atoms with Crippen LogP contribution in [0, 0.1) is 88.8 Å². The average Bonchev–Trinajstić information content (AvgIpc) is 0.744. The smallest absolute Gasteiger partial charge is 0.246 e. The maximum Gasteiger partial charge on any atom is 0.246 e. The molecule has 9 aromatic rings. The molecule has 3 amide bonds. The van der Waals surface area contributed by atoms with E-state index in [0.717, 1.165) is 168 Å². The number of nitriles is 6. The van der Waals surface area contributed by atoms with Gasteiger partial charge in [-0.2, -0.15) is 31.6 Å². The van der Waals surface area contributed by atoms with Gasteiger partial charge in [-0.1, -0.05) is 111 Å². The molecule has 6 fully saturated rings. The Bertz CT molecular complexity index is 6260. The van der Waals surface area contributed by atoms with Crippen LogP contribution in [0.1, 0.15) is 92.8 Å². The number of fused-ring (bicyclic) bond motifs is 6. The summed E-state index contributed by atoms with van der Waals surface area (Å²) in [6.45, 7) is 38.4. The van der Waals surface area contributed by atoms with Gasteiger partial charge in [-0.15, -0.1) is 0 Å². The number of aryl methyl sites for hydroxylation is 3. The Morgan fingerprint density at radius 1 is 0.390 bits per heavy atom.